The van der Waals surface area contributed by atoms with Gasteiger partial charge in [-0.25, -0.2) is 0 Å². The van der Waals surface area contributed by atoms with Gasteiger partial charge in [-0.15, -0.1) is 0 Å². The maximum Gasteiger partial charge on any atom is 0.245 e. The Morgan fingerprint density at radius 2 is 2.26 bits per heavy atom. The van der Waals surface area contributed by atoms with Crippen LogP contribution < -0.4 is 0 Å². The summed E-state index contributed by atoms with van der Waals surface area (Å²) in [5, 5.41) is 9.27. The van der Waals surface area contributed by atoms with Gasteiger partial charge in [-0.3, -0.25) is 9.48 Å². The largest absolute Gasteiger partial charge is 0.377 e. The molecule has 3 aromatic rings. The van der Waals surface area contributed by atoms with Crippen LogP contribution in [-0.2, 0) is 16.1 Å². The fourth-order valence-corrected chi connectivity index (χ4v) is 2.77. The number of carbonyl (C=O) groups excluding carboxylic acids is 1. The smallest absolute Gasteiger partial charge is 0.245 e. The fourth-order valence-electron chi connectivity index (χ4n) is 2.77. The maximum atomic E-state index is 12.7. The minimum Gasteiger partial charge on any atom is -0.377 e. The second kappa shape index (κ2) is 5.81. The van der Waals surface area contributed by atoms with Gasteiger partial charge in [0.15, 0.2) is 5.82 Å². The van der Waals surface area contributed by atoms with Crippen LogP contribution in [-0.4, -0.2) is 50.5 Å². The molecule has 0 aliphatic carbocycles. The number of aromatic nitrogens is 4. The van der Waals surface area contributed by atoms with Crippen molar-refractivity contribution in [3.05, 3.63) is 42.7 Å². The number of morpholine rings is 1. The molecular weight excluding hydrogens is 298 g/mol. The van der Waals surface area contributed by atoms with Crippen molar-refractivity contribution in [1.29, 1.82) is 0 Å². The first-order chi connectivity index (χ1) is 11.3. The van der Waals surface area contributed by atoms with Crippen molar-refractivity contribution in [3.63, 3.8) is 0 Å². The number of hydrogen-bond donors (Lipinski definition) is 0. The van der Waals surface area contributed by atoms with Gasteiger partial charge in [0.1, 0.15) is 12.6 Å². The predicted octanol–water partition coefficient (Wildman–Crippen LogP) is 1.02. The number of rotatable bonds is 3. The van der Waals surface area contributed by atoms with E-state index < -0.39 is 0 Å². The van der Waals surface area contributed by atoms with Crippen LogP contribution in [0.4, 0.5) is 0 Å². The van der Waals surface area contributed by atoms with Crippen molar-refractivity contribution in [1.82, 2.24) is 24.8 Å². The quantitative estimate of drug-likeness (QED) is 0.717. The highest BCUT2D eigenvalue weighted by Gasteiger charge is 2.31. The Bertz CT molecular complexity index is 781. The van der Waals surface area contributed by atoms with E-state index in [0.29, 0.717) is 25.6 Å². The topological polar surface area (TPSA) is 86.3 Å². The van der Waals surface area contributed by atoms with E-state index >= 15 is 0 Å². The maximum absolute atomic E-state index is 12.7. The Labute approximate surface area is 131 Å². The van der Waals surface area contributed by atoms with Crippen molar-refractivity contribution in [2.75, 3.05) is 19.8 Å². The summed E-state index contributed by atoms with van der Waals surface area (Å²) in [5.74, 6) is 0.416. The molecule has 8 nitrogen and oxygen atoms in total. The standard InChI is InChI=1S/C15H15N5O3/c21-14(8-19-7-11-3-1-2-4-12(11)17-19)20-5-6-22-9-13(20)15-16-10-23-18-15/h1-4,7,10,13H,5-6,8-9H2. The number of carbonyl (C=O) groups is 1. The van der Waals surface area contributed by atoms with Gasteiger partial charge in [0.25, 0.3) is 0 Å². The molecule has 1 fully saturated rings. The molecule has 1 atom stereocenters. The lowest BCUT2D eigenvalue weighted by atomic mass is 10.2. The van der Waals surface area contributed by atoms with E-state index in [4.69, 9.17) is 9.26 Å². The van der Waals surface area contributed by atoms with Crippen molar-refractivity contribution in [3.8, 4) is 0 Å². The van der Waals surface area contributed by atoms with Crippen LogP contribution in [0.3, 0.4) is 0 Å². The summed E-state index contributed by atoms with van der Waals surface area (Å²) in [4.78, 5) is 18.4. The number of amides is 1. The van der Waals surface area contributed by atoms with Crippen LogP contribution in [0.25, 0.3) is 10.9 Å². The van der Waals surface area contributed by atoms with Crippen molar-refractivity contribution in [2.24, 2.45) is 0 Å². The van der Waals surface area contributed by atoms with E-state index in [9.17, 15) is 4.79 Å². The van der Waals surface area contributed by atoms with Crippen molar-refractivity contribution >= 4 is 16.8 Å². The van der Waals surface area contributed by atoms with Gasteiger partial charge >= 0.3 is 0 Å². The number of hydrogen-bond acceptors (Lipinski definition) is 6. The zero-order chi connectivity index (χ0) is 15.6. The molecule has 118 valence electrons. The molecule has 0 bridgehead atoms. The SMILES string of the molecule is O=C(Cn1cc2ccccc2n1)N1CCOCC1c1ncon1. The number of benzene rings is 1. The van der Waals surface area contributed by atoms with Crippen molar-refractivity contribution < 1.29 is 14.1 Å². The van der Waals surface area contributed by atoms with Gasteiger partial charge in [-0.2, -0.15) is 10.1 Å². The first-order valence-electron chi connectivity index (χ1n) is 7.37. The fraction of sp³-hybridized carbons (Fsp3) is 0.333. The second-order valence-electron chi connectivity index (χ2n) is 5.35. The molecule has 23 heavy (non-hydrogen) atoms. The van der Waals surface area contributed by atoms with E-state index in [1.54, 1.807) is 9.58 Å². The van der Waals surface area contributed by atoms with Crippen LogP contribution >= 0.6 is 0 Å². The van der Waals surface area contributed by atoms with E-state index in [1.165, 1.54) is 6.39 Å². The summed E-state index contributed by atoms with van der Waals surface area (Å²) in [5.41, 5.74) is 0.872. The summed E-state index contributed by atoms with van der Waals surface area (Å²) in [7, 11) is 0. The highest BCUT2D eigenvalue weighted by Crippen LogP contribution is 2.22. The molecule has 4 rings (SSSR count). The van der Waals surface area contributed by atoms with Gasteiger partial charge in [-0.1, -0.05) is 23.4 Å². The Morgan fingerprint density at radius 3 is 3.09 bits per heavy atom. The molecule has 1 aromatic carbocycles. The van der Waals surface area contributed by atoms with Gasteiger partial charge < -0.3 is 14.2 Å². The van der Waals surface area contributed by atoms with Gasteiger partial charge in [0.05, 0.1) is 18.7 Å². The first kappa shape index (κ1) is 13.9. The van der Waals surface area contributed by atoms with Crippen LogP contribution in [0.1, 0.15) is 11.9 Å². The molecule has 1 unspecified atom stereocenters. The minimum absolute atomic E-state index is 0.0455. The number of fused-ring (bicyclic) bond motifs is 1. The molecule has 1 aliphatic heterocycles. The zero-order valence-corrected chi connectivity index (χ0v) is 12.3. The Hall–Kier alpha value is -2.74. The number of ether oxygens (including phenoxy) is 1. The normalized spacial score (nSPS) is 18.4. The third kappa shape index (κ3) is 2.68. The van der Waals surface area contributed by atoms with E-state index in [2.05, 4.69) is 15.2 Å². The Kier molecular flexibility index (Phi) is 3.51. The summed E-state index contributed by atoms with van der Waals surface area (Å²) < 4.78 is 11.9. The van der Waals surface area contributed by atoms with E-state index in [0.717, 1.165) is 10.9 Å². The molecule has 3 heterocycles. The summed E-state index contributed by atoms with van der Waals surface area (Å²) in [6, 6.07) is 7.45. The summed E-state index contributed by atoms with van der Waals surface area (Å²) in [6.07, 6.45) is 3.13. The van der Waals surface area contributed by atoms with Crippen LogP contribution in [0.5, 0.6) is 0 Å². The molecule has 1 aliphatic rings. The molecule has 0 saturated carbocycles. The summed E-state index contributed by atoms with van der Waals surface area (Å²) in [6.45, 7) is 1.54. The van der Waals surface area contributed by atoms with E-state index in [-0.39, 0.29) is 18.5 Å². The molecule has 1 saturated heterocycles. The second-order valence-corrected chi connectivity index (χ2v) is 5.35. The zero-order valence-electron chi connectivity index (χ0n) is 12.3. The Balaban J connectivity index is 1.54. The van der Waals surface area contributed by atoms with Gasteiger partial charge in [-0.05, 0) is 6.07 Å². The van der Waals surface area contributed by atoms with Crippen LogP contribution in [0.2, 0.25) is 0 Å². The minimum atomic E-state index is -0.319. The molecule has 0 N–H and O–H groups in total. The monoisotopic (exact) mass is 313 g/mol. The van der Waals surface area contributed by atoms with Gasteiger partial charge in [0.2, 0.25) is 12.3 Å². The third-order valence-corrected chi connectivity index (χ3v) is 3.88. The summed E-state index contributed by atoms with van der Waals surface area (Å²) >= 11 is 0. The predicted molar refractivity (Wildman–Crippen MR) is 79.3 cm³/mol. The average molecular weight is 313 g/mol. The third-order valence-electron chi connectivity index (χ3n) is 3.88. The highest BCUT2D eigenvalue weighted by atomic mass is 16.5. The number of nitrogens with zero attached hydrogens (tertiary/aromatic N) is 5. The molecule has 8 heteroatoms. The average Bonchev–Trinajstić information content (AvgIpc) is 3.24. The Morgan fingerprint density at radius 1 is 1.35 bits per heavy atom. The lowest BCUT2D eigenvalue weighted by Gasteiger charge is -2.33. The van der Waals surface area contributed by atoms with Crippen LogP contribution in [0.15, 0.2) is 41.4 Å². The van der Waals surface area contributed by atoms with Gasteiger partial charge in [0, 0.05) is 18.1 Å². The highest BCUT2D eigenvalue weighted by molar-refractivity contribution is 5.80. The van der Waals surface area contributed by atoms with E-state index in [1.807, 2.05) is 30.5 Å². The first-order valence-corrected chi connectivity index (χ1v) is 7.37. The lowest BCUT2D eigenvalue weighted by Crippen LogP contribution is -2.45. The lowest BCUT2D eigenvalue weighted by molar-refractivity contribution is -0.141. The molecule has 0 spiro atoms. The van der Waals surface area contributed by atoms with Crippen LogP contribution in [0, 0.1) is 0 Å². The molecule has 0 radical (unpaired) electrons. The van der Waals surface area contributed by atoms with Crippen molar-refractivity contribution in [2.45, 2.75) is 12.6 Å². The molecular formula is C15H15N5O3. The molecule has 2 aromatic heterocycles. The molecule has 1 amide bonds.